The monoisotopic (exact) mass is 266 g/mol. The Labute approximate surface area is 118 Å². The molecule has 0 amide bonds. The van der Waals surface area contributed by atoms with Crippen LogP contribution in [0.25, 0.3) is 16.6 Å². The second-order valence-corrected chi connectivity index (χ2v) is 5.21. The first-order valence-corrected chi connectivity index (χ1v) is 6.84. The SMILES string of the molecule is Cc1ncc2ccc(-c3ccc(OC(C)C)cc3)cn12. The van der Waals surface area contributed by atoms with E-state index in [4.69, 9.17) is 4.74 Å². The van der Waals surface area contributed by atoms with Crippen LogP contribution < -0.4 is 4.74 Å². The lowest BCUT2D eigenvalue weighted by Crippen LogP contribution is -2.05. The summed E-state index contributed by atoms with van der Waals surface area (Å²) in [5, 5.41) is 0. The standard InChI is InChI=1S/C17H18N2O/c1-12(2)20-17-8-5-14(6-9-17)15-4-7-16-10-18-13(3)19(16)11-15/h4-12H,1-3H3. The van der Waals surface area contributed by atoms with Crippen molar-refractivity contribution in [3.8, 4) is 16.9 Å². The zero-order chi connectivity index (χ0) is 14.1. The van der Waals surface area contributed by atoms with Gasteiger partial charge in [-0.1, -0.05) is 18.2 Å². The lowest BCUT2D eigenvalue weighted by molar-refractivity contribution is 0.242. The number of ether oxygens (including phenoxy) is 1. The highest BCUT2D eigenvalue weighted by molar-refractivity contribution is 5.66. The van der Waals surface area contributed by atoms with E-state index in [0.717, 1.165) is 17.1 Å². The minimum Gasteiger partial charge on any atom is -0.491 e. The van der Waals surface area contributed by atoms with Gasteiger partial charge in [-0.05, 0) is 50.1 Å². The molecule has 20 heavy (non-hydrogen) atoms. The Morgan fingerprint density at radius 1 is 1.00 bits per heavy atom. The van der Waals surface area contributed by atoms with Crippen LogP contribution in [-0.2, 0) is 0 Å². The van der Waals surface area contributed by atoms with Crippen molar-refractivity contribution in [2.75, 3.05) is 0 Å². The van der Waals surface area contributed by atoms with Gasteiger partial charge in [-0.15, -0.1) is 0 Å². The summed E-state index contributed by atoms with van der Waals surface area (Å²) in [6.45, 7) is 6.07. The van der Waals surface area contributed by atoms with E-state index in [1.54, 1.807) is 0 Å². The number of nitrogens with zero attached hydrogens (tertiary/aromatic N) is 2. The Bertz CT molecular complexity index is 726. The first-order valence-electron chi connectivity index (χ1n) is 6.84. The van der Waals surface area contributed by atoms with Gasteiger partial charge in [-0.2, -0.15) is 0 Å². The highest BCUT2D eigenvalue weighted by Crippen LogP contribution is 2.24. The summed E-state index contributed by atoms with van der Waals surface area (Å²) in [6.07, 6.45) is 4.21. The van der Waals surface area contributed by atoms with Crippen LogP contribution in [0, 0.1) is 6.92 Å². The second kappa shape index (κ2) is 5.00. The van der Waals surface area contributed by atoms with E-state index in [-0.39, 0.29) is 6.10 Å². The first-order chi connectivity index (χ1) is 9.63. The largest absolute Gasteiger partial charge is 0.491 e. The summed E-state index contributed by atoms with van der Waals surface area (Å²) >= 11 is 0. The van der Waals surface area contributed by atoms with Crippen molar-refractivity contribution in [3.63, 3.8) is 0 Å². The maximum atomic E-state index is 5.67. The van der Waals surface area contributed by atoms with Crippen LogP contribution >= 0.6 is 0 Å². The maximum absolute atomic E-state index is 5.67. The molecule has 0 radical (unpaired) electrons. The van der Waals surface area contributed by atoms with Crippen molar-refractivity contribution in [1.82, 2.24) is 9.38 Å². The zero-order valence-electron chi connectivity index (χ0n) is 12.0. The van der Waals surface area contributed by atoms with Gasteiger partial charge in [0.15, 0.2) is 0 Å². The van der Waals surface area contributed by atoms with Gasteiger partial charge in [-0.25, -0.2) is 4.98 Å². The molecule has 0 aliphatic rings. The molecule has 0 saturated carbocycles. The van der Waals surface area contributed by atoms with E-state index in [1.165, 1.54) is 11.1 Å². The molecule has 0 fully saturated rings. The van der Waals surface area contributed by atoms with Crippen molar-refractivity contribution >= 4 is 5.52 Å². The maximum Gasteiger partial charge on any atom is 0.119 e. The number of hydrogen-bond acceptors (Lipinski definition) is 2. The molecule has 0 aliphatic carbocycles. The van der Waals surface area contributed by atoms with E-state index in [2.05, 4.69) is 39.8 Å². The summed E-state index contributed by atoms with van der Waals surface area (Å²) in [4.78, 5) is 4.32. The molecule has 0 unspecified atom stereocenters. The average molecular weight is 266 g/mol. The number of imidazole rings is 1. The van der Waals surface area contributed by atoms with Crippen molar-refractivity contribution in [2.45, 2.75) is 26.9 Å². The van der Waals surface area contributed by atoms with Gasteiger partial charge in [0.25, 0.3) is 0 Å². The summed E-state index contributed by atoms with van der Waals surface area (Å²) < 4.78 is 7.77. The molecular formula is C17H18N2O. The van der Waals surface area contributed by atoms with Gasteiger partial charge >= 0.3 is 0 Å². The third kappa shape index (κ3) is 2.39. The molecule has 3 rings (SSSR count). The van der Waals surface area contributed by atoms with Gasteiger partial charge < -0.3 is 9.14 Å². The van der Waals surface area contributed by atoms with Gasteiger partial charge in [0.1, 0.15) is 11.6 Å². The highest BCUT2D eigenvalue weighted by atomic mass is 16.5. The number of benzene rings is 1. The minimum atomic E-state index is 0.200. The number of pyridine rings is 1. The molecule has 2 aromatic heterocycles. The predicted octanol–water partition coefficient (Wildman–Crippen LogP) is 4.10. The summed E-state index contributed by atoms with van der Waals surface area (Å²) in [5.41, 5.74) is 3.47. The Kier molecular flexibility index (Phi) is 3.18. The number of fused-ring (bicyclic) bond motifs is 1. The summed E-state index contributed by atoms with van der Waals surface area (Å²) in [6, 6.07) is 12.4. The van der Waals surface area contributed by atoms with Crippen LogP contribution in [0.1, 0.15) is 19.7 Å². The third-order valence-corrected chi connectivity index (χ3v) is 3.27. The van der Waals surface area contributed by atoms with E-state index in [0.29, 0.717) is 0 Å². The van der Waals surface area contributed by atoms with Gasteiger partial charge in [-0.3, -0.25) is 0 Å². The fraction of sp³-hybridized carbons (Fsp3) is 0.235. The summed E-state index contributed by atoms with van der Waals surface area (Å²) in [7, 11) is 0. The summed E-state index contributed by atoms with van der Waals surface area (Å²) in [5.74, 6) is 1.91. The van der Waals surface area contributed by atoms with E-state index in [1.807, 2.05) is 39.1 Å². The molecule has 0 saturated heterocycles. The fourth-order valence-corrected chi connectivity index (χ4v) is 2.29. The van der Waals surface area contributed by atoms with Gasteiger partial charge in [0.2, 0.25) is 0 Å². The van der Waals surface area contributed by atoms with Gasteiger partial charge in [0, 0.05) is 6.20 Å². The van der Waals surface area contributed by atoms with E-state index >= 15 is 0 Å². The topological polar surface area (TPSA) is 26.5 Å². The van der Waals surface area contributed by atoms with Gasteiger partial charge in [0.05, 0.1) is 17.8 Å². The number of hydrogen-bond donors (Lipinski definition) is 0. The van der Waals surface area contributed by atoms with Crippen LogP contribution in [0.2, 0.25) is 0 Å². The first kappa shape index (κ1) is 12.7. The Morgan fingerprint density at radius 3 is 2.40 bits per heavy atom. The molecule has 0 atom stereocenters. The number of aryl methyl sites for hydroxylation is 1. The van der Waals surface area contributed by atoms with Crippen molar-refractivity contribution in [3.05, 3.63) is 54.6 Å². The normalized spacial score (nSPS) is 11.2. The van der Waals surface area contributed by atoms with Crippen molar-refractivity contribution < 1.29 is 4.74 Å². The molecule has 0 aliphatic heterocycles. The molecule has 2 heterocycles. The Hall–Kier alpha value is -2.29. The lowest BCUT2D eigenvalue weighted by atomic mass is 10.1. The average Bonchev–Trinajstić information content (AvgIpc) is 2.80. The highest BCUT2D eigenvalue weighted by Gasteiger charge is 2.03. The van der Waals surface area contributed by atoms with Crippen molar-refractivity contribution in [2.24, 2.45) is 0 Å². The molecule has 0 N–H and O–H groups in total. The third-order valence-electron chi connectivity index (χ3n) is 3.27. The van der Waals surface area contributed by atoms with E-state index in [9.17, 15) is 0 Å². The molecule has 0 spiro atoms. The molecule has 0 bridgehead atoms. The van der Waals surface area contributed by atoms with Crippen LogP contribution in [0.5, 0.6) is 5.75 Å². The van der Waals surface area contributed by atoms with E-state index < -0.39 is 0 Å². The van der Waals surface area contributed by atoms with Crippen LogP contribution in [-0.4, -0.2) is 15.5 Å². The molecule has 3 aromatic rings. The smallest absolute Gasteiger partial charge is 0.119 e. The zero-order valence-corrected chi connectivity index (χ0v) is 12.0. The molecule has 102 valence electrons. The van der Waals surface area contributed by atoms with Crippen molar-refractivity contribution in [1.29, 1.82) is 0 Å². The predicted molar refractivity (Wildman–Crippen MR) is 81.1 cm³/mol. The molecule has 3 heteroatoms. The number of rotatable bonds is 3. The van der Waals surface area contributed by atoms with Crippen LogP contribution in [0.3, 0.4) is 0 Å². The lowest BCUT2D eigenvalue weighted by Gasteiger charge is -2.10. The Morgan fingerprint density at radius 2 is 1.70 bits per heavy atom. The minimum absolute atomic E-state index is 0.200. The second-order valence-electron chi connectivity index (χ2n) is 5.21. The quantitative estimate of drug-likeness (QED) is 0.713. The molecular weight excluding hydrogens is 248 g/mol. The van der Waals surface area contributed by atoms with Crippen LogP contribution in [0.15, 0.2) is 48.8 Å². The number of aromatic nitrogens is 2. The molecule has 1 aromatic carbocycles. The van der Waals surface area contributed by atoms with Crippen LogP contribution in [0.4, 0.5) is 0 Å². The fourth-order valence-electron chi connectivity index (χ4n) is 2.29. The Balaban J connectivity index is 1.95. The molecule has 3 nitrogen and oxygen atoms in total.